The Morgan fingerprint density at radius 3 is 2.14 bits per heavy atom. The van der Waals surface area contributed by atoms with Gasteiger partial charge in [0.15, 0.2) is 0 Å². The summed E-state index contributed by atoms with van der Waals surface area (Å²) < 4.78 is 70.6. The number of alkyl halides is 3. The Labute approximate surface area is 209 Å². The number of hydrogen-bond acceptors (Lipinski definition) is 5. The molecule has 0 bridgehead atoms. The van der Waals surface area contributed by atoms with Crippen LogP contribution in [0.3, 0.4) is 0 Å². The van der Waals surface area contributed by atoms with E-state index in [0.717, 1.165) is 43.9 Å². The molecule has 35 heavy (non-hydrogen) atoms. The molecule has 0 fully saturated rings. The summed E-state index contributed by atoms with van der Waals surface area (Å²) in [6, 6.07) is 8.34. The number of rotatable bonds is 13. The standard InChI is InChI=1S/C25H37F3NO4SSi/c1-24(2,3)21(12-10-8-6-7-9-11-17-32-35(4)5)20-14-13-19-15-16-23(29-22(19)18-20)33-34(30,31)25(26,27)28/h13-16,18,21H,6-12,17H2,1-5H3. The molecule has 10 heteroatoms. The minimum atomic E-state index is -5.77. The van der Waals surface area contributed by atoms with E-state index in [1.807, 2.05) is 18.2 Å². The molecule has 1 aromatic carbocycles. The summed E-state index contributed by atoms with van der Waals surface area (Å²) in [4.78, 5) is 4.05. The van der Waals surface area contributed by atoms with Crippen LogP contribution in [0.25, 0.3) is 10.9 Å². The predicted octanol–water partition coefficient (Wildman–Crippen LogP) is 7.59. The maximum absolute atomic E-state index is 12.7. The van der Waals surface area contributed by atoms with Gasteiger partial charge in [0.1, 0.15) is 0 Å². The van der Waals surface area contributed by atoms with Gasteiger partial charge in [-0.2, -0.15) is 21.6 Å². The van der Waals surface area contributed by atoms with Gasteiger partial charge in [-0.25, -0.2) is 4.98 Å². The molecular weight excluding hydrogens is 495 g/mol. The molecule has 0 aliphatic heterocycles. The smallest absolute Gasteiger partial charge is 0.417 e. The Morgan fingerprint density at radius 1 is 0.943 bits per heavy atom. The lowest BCUT2D eigenvalue weighted by Crippen LogP contribution is -2.28. The highest BCUT2D eigenvalue weighted by atomic mass is 32.2. The van der Waals surface area contributed by atoms with E-state index in [1.165, 1.54) is 25.3 Å². The van der Waals surface area contributed by atoms with Gasteiger partial charge in [-0.15, -0.1) is 0 Å². The minimum absolute atomic E-state index is 0.0293. The minimum Gasteiger partial charge on any atom is -0.417 e. The highest BCUT2D eigenvalue weighted by Gasteiger charge is 2.48. The predicted molar refractivity (Wildman–Crippen MR) is 135 cm³/mol. The maximum atomic E-state index is 12.7. The molecule has 0 aliphatic carbocycles. The van der Waals surface area contributed by atoms with Crippen LogP contribution in [0.1, 0.15) is 77.2 Å². The van der Waals surface area contributed by atoms with Gasteiger partial charge < -0.3 is 8.61 Å². The van der Waals surface area contributed by atoms with Gasteiger partial charge in [0, 0.05) is 18.1 Å². The quantitative estimate of drug-likeness (QED) is 0.115. The van der Waals surface area contributed by atoms with Crippen LogP contribution in [0.4, 0.5) is 13.2 Å². The SMILES string of the molecule is C[Si](C)OCCCCCCCCC(c1ccc2ccc(OS(=O)(=O)C(F)(F)F)nc2c1)C(C)(C)C. The van der Waals surface area contributed by atoms with Gasteiger partial charge in [0.2, 0.25) is 14.9 Å². The summed E-state index contributed by atoms with van der Waals surface area (Å²) in [7, 11) is -6.36. The van der Waals surface area contributed by atoms with Gasteiger partial charge in [-0.1, -0.05) is 65.0 Å². The Bertz CT molecular complexity index is 1050. The van der Waals surface area contributed by atoms with Crippen LogP contribution in [0.5, 0.6) is 5.88 Å². The molecule has 2 aromatic rings. The molecule has 1 radical (unpaired) electrons. The van der Waals surface area contributed by atoms with Crippen molar-refractivity contribution in [3.8, 4) is 5.88 Å². The number of fused-ring (bicyclic) bond motifs is 1. The van der Waals surface area contributed by atoms with E-state index in [9.17, 15) is 21.6 Å². The molecule has 0 aliphatic rings. The first-order valence-corrected chi connectivity index (χ1v) is 15.9. The summed E-state index contributed by atoms with van der Waals surface area (Å²) in [6.45, 7) is 11.7. The van der Waals surface area contributed by atoms with Crippen molar-refractivity contribution in [2.75, 3.05) is 6.61 Å². The molecule has 1 aromatic heterocycles. The van der Waals surface area contributed by atoms with Gasteiger partial charge in [-0.3, -0.25) is 0 Å². The van der Waals surface area contributed by atoms with Crippen molar-refractivity contribution >= 4 is 30.1 Å². The number of benzene rings is 1. The van der Waals surface area contributed by atoms with Crippen molar-refractivity contribution < 1.29 is 30.2 Å². The summed E-state index contributed by atoms with van der Waals surface area (Å²) >= 11 is 0. The summed E-state index contributed by atoms with van der Waals surface area (Å²) in [5.74, 6) is -0.375. The fourth-order valence-electron chi connectivity index (χ4n) is 4.07. The first-order chi connectivity index (χ1) is 16.2. The summed E-state index contributed by atoms with van der Waals surface area (Å²) in [6.07, 6.45) is 7.87. The van der Waals surface area contributed by atoms with Crippen LogP contribution in [0.15, 0.2) is 30.3 Å². The third kappa shape index (κ3) is 9.38. The largest absolute Gasteiger partial charge is 0.534 e. The third-order valence-corrected chi connectivity index (χ3v) is 7.63. The second-order valence-electron chi connectivity index (χ2n) is 10.2. The Kier molecular flexibility index (Phi) is 10.6. The van der Waals surface area contributed by atoms with Crippen LogP contribution in [0, 0.1) is 5.41 Å². The van der Waals surface area contributed by atoms with Crippen molar-refractivity contribution in [1.29, 1.82) is 0 Å². The third-order valence-electron chi connectivity index (χ3n) is 5.89. The zero-order chi connectivity index (χ0) is 26.3. The number of unbranched alkanes of at least 4 members (excludes halogenated alkanes) is 5. The molecule has 0 saturated carbocycles. The highest BCUT2D eigenvalue weighted by Crippen LogP contribution is 2.40. The highest BCUT2D eigenvalue weighted by molar-refractivity contribution is 7.87. The fraction of sp³-hybridized carbons (Fsp3) is 0.640. The van der Waals surface area contributed by atoms with Crippen molar-refractivity contribution in [3.05, 3.63) is 35.9 Å². The van der Waals surface area contributed by atoms with Crippen molar-refractivity contribution in [3.63, 3.8) is 0 Å². The molecular formula is C25H37F3NO4SSi. The van der Waals surface area contributed by atoms with E-state index in [4.69, 9.17) is 4.43 Å². The molecule has 0 N–H and O–H groups in total. The van der Waals surface area contributed by atoms with Gasteiger partial charge in [0.05, 0.1) is 5.52 Å². The summed E-state index contributed by atoms with van der Waals surface area (Å²) in [5.41, 5.74) is -4.11. The van der Waals surface area contributed by atoms with E-state index in [-0.39, 0.29) is 11.3 Å². The van der Waals surface area contributed by atoms with Crippen LogP contribution in [0.2, 0.25) is 13.1 Å². The van der Waals surface area contributed by atoms with Crippen molar-refractivity contribution in [2.45, 2.75) is 90.2 Å². The second-order valence-corrected chi connectivity index (χ2v) is 13.8. The molecule has 0 amide bonds. The first-order valence-electron chi connectivity index (χ1n) is 12.0. The van der Waals surface area contributed by atoms with Crippen molar-refractivity contribution in [2.24, 2.45) is 5.41 Å². The average molecular weight is 533 g/mol. The number of aromatic nitrogens is 1. The zero-order valence-corrected chi connectivity index (χ0v) is 23.1. The zero-order valence-electron chi connectivity index (χ0n) is 21.2. The van der Waals surface area contributed by atoms with Crippen LogP contribution in [-0.4, -0.2) is 34.6 Å². The topological polar surface area (TPSA) is 65.5 Å². The monoisotopic (exact) mass is 532 g/mol. The normalized spacial score (nSPS) is 14.0. The second kappa shape index (κ2) is 12.5. The van der Waals surface area contributed by atoms with Crippen molar-refractivity contribution in [1.82, 2.24) is 4.98 Å². The molecule has 197 valence electrons. The molecule has 2 rings (SSSR count). The molecule has 5 nitrogen and oxygen atoms in total. The average Bonchev–Trinajstić information content (AvgIpc) is 2.72. The lowest BCUT2D eigenvalue weighted by atomic mass is 9.73. The van der Waals surface area contributed by atoms with E-state index in [2.05, 4.69) is 43.0 Å². The Morgan fingerprint density at radius 2 is 1.54 bits per heavy atom. The van der Waals surface area contributed by atoms with Gasteiger partial charge >= 0.3 is 15.6 Å². The molecule has 0 saturated heterocycles. The van der Waals surface area contributed by atoms with E-state index < -0.39 is 30.5 Å². The molecule has 1 unspecified atom stereocenters. The lowest BCUT2D eigenvalue weighted by Gasteiger charge is -2.31. The number of hydrogen-bond donors (Lipinski definition) is 0. The molecule has 1 heterocycles. The number of halogens is 3. The molecule has 0 spiro atoms. The fourth-order valence-corrected chi connectivity index (χ4v) is 5.04. The molecule has 1 atom stereocenters. The van der Waals surface area contributed by atoms with E-state index in [0.29, 0.717) is 10.9 Å². The number of pyridine rings is 1. The Balaban J connectivity index is 2.04. The summed E-state index contributed by atoms with van der Waals surface area (Å²) in [5, 5.41) is 0.696. The van der Waals surface area contributed by atoms with Crippen LogP contribution in [-0.2, 0) is 14.5 Å². The first kappa shape index (κ1) is 29.6. The van der Waals surface area contributed by atoms with Gasteiger partial charge in [0.25, 0.3) is 0 Å². The van der Waals surface area contributed by atoms with Gasteiger partial charge in [-0.05, 0) is 55.0 Å². The number of nitrogens with zero attached hydrogens (tertiary/aromatic N) is 1. The van der Waals surface area contributed by atoms with Crippen LogP contribution < -0.4 is 4.18 Å². The van der Waals surface area contributed by atoms with E-state index >= 15 is 0 Å². The maximum Gasteiger partial charge on any atom is 0.534 e. The van der Waals surface area contributed by atoms with E-state index in [1.54, 1.807) is 0 Å². The van der Waals surface area contributed by atoms with Crippen LogP contribution >= 0.6 is 0 Å². The lowest BCUT2D eigenvalue weighted by molar-refractivity contribution is -0.0501. The Hall–Kier alpha value is -1.65.